The number of nitrogens with one attached hydrogen (secondary N) is 5. The van der Waals surface area contributed by atoms with Crippen LogP contribution in [0, 0.1) is 44.8 Å². The van der Waals surface area contributed by atoms with E-state index in [9.17, 15) is 42.7 Å². The molecule has 4 aliphatic rings. The number of carbonyl (C=O) groups excluding carboxylic acids is 8. The SMILES string of the molecule is CNc1c(C(N)=O)c(-c2ccc(CNC(=O)c3ccccc3C)cc2)nn1C1CCC1.Cc1ccc(F)cc1C(=O)NCc1ccc(-c2nn(C3CCCC3)c(N)c2C(N)=O)cc1.Cc1ccccc1C(=O)NCc1ccc(-c2nn(C3CCOCC3(C)C)c(N)c2C(N)=O)cc1.Cc1ccccc1C(=O)NCc1ccc(-c2nn(C3CCOCC3C)c(N)c2C(N)=O)cc1. The fourth-order valence-corrected chi connectivity index (χ4v) is 16.9. The number of nitrogens with two attached hydrogens (primary N) is 7. The highest BCUT2D eigenvalue weighted by molar-refractivity contribution is 6.06. The molecule has 12 aromatic rings. The fraction of sp³-hybridized carbons (Fsp3) is 0.313. The van der Waals surface area contributed by atoms with Crippen LogP contribution in [0.3, 0.4) is 0 Å². The van der Waals surface area contributed by atoms with Crippen LogP contribution in [0.25, 0.3) is 45.0 Å². The van der Waals surface area contributed by atoms with E-state index in [1.54, 1.807) is 46.2 Å². The minimum Gasteiger partial charge on any atom is -0.383 e. The number of primary amides is 4. The molecule has 8 amide bonds. The number of carbonyl (C=O) groups is 8. The van der Waals surface area contributed by atoms with Crippen LogP contribution in [0.4, 0.5) is 27.7 Å². The van der Waals surface area contributed by atoms with Crippen LogP contribution in [-0.2, 0) is 35.7 Å². The summed E-state index contributed by atoms with van der Waals surface area (Å²) < 4.78 is 31.7. The fourth-order valence-electron chi connectivity index (χ4n) is 16.9. The summed E-state index contributed by atoms with van der Waals surface area (Å²) in [6, 6.07) is 57.1. The van der Waals surface area contributed by atoms with Crippen molar-refractivity contribution in [3.8, 4) is 45.0 Å². The Morgan fingerprint density at radius 3 is 1.12 bits per heavy atom. The third-order valence-corrected chi connectivity index (χ3v) is 24.5. The molecule has 0 radical (unpaired) electrons. The van der Waals surface area contributed by atoms with Gasteiger partial charge in [0, 0.05) is 102 Å². The van der Waals surface area contributed by atoms with Crippen molar-refractivity contribution < 1.29 is 52.2 Å². The molecular formula is C99H113FN20O10. The second kappa shape index (κ2) is 41.5. The van der Waals surface area contributed by atoms with Crippen molar-refractivity contribution in [2.75, 3.05) is 56.0 Å². The molecule has 4 aromatic heterocycles. The lowest BCUT2D eigenvalue weighted by Gasteiger charge is -2.38. The molecule has 2 saturated heterocycles. The monoisotopic (exact) mass is 1760 g/mol. The highest BCUT2D eigenvalue weighted by atomic mass is 19.1. The van der Waals surface area contributed by atoms with E-state index in [0.717, 1.165) is 119 Å². The van der Waals surface area contributed by atoms with Crippen LogP contribution in [0.2, 0.25) is 0 Å². The van der Waals surface area contributed by atoms with Crippen LogP contribution < -0.4 is 66.7 Å². The number of aryl methyl sites for hydroxylation is 4. The molecule has 4 fully saturated rings. The van der Waals surface area contributed by atoms with Gasteiger partial charge in [0.15, 0.2) is 0 Å². The van der Waals surface area contributed by atoms with E-state index in [1.165, 1.54) is 12.1 Å². The third kappa shape index (κ3) is 21.3. The quantitative estimate of drug-likeness (QED) is 0.0253. The minimum absolute atomic E-state index is 0.0102. The molecule has 8 aromatic carbocycles. The maximum atomic E-state index is 13.5. The molecule has 0 spiro atoms. The number of halogens is 1. The average molecular weight is 1760 g/mol. The van der Waals surface area contributed by atoms with Gasteiger partial charge < -0.3 is 76.2 Å². The standard InChI is InChI=1S/C26H31N5O3.C25H29N5O3.C24H26FN5O2.C24H27N5O2/c1-16-6-4-5-7-19(16)25(33)29-14-17-8-10-18(11-9-17)22-21(24(28)32)23(27)31(30-22)20-12-13-34-15-26(20,2)3;1-15-5-3-4-6-19(15)25(32)28-13-17-7-9-18(10-8-17)22-21(24(27)31)23(26)30(29-22)20-11-12-33-14-16(20)2;1-14-6-11-17(25)12-19(14)24(32)28-13-15-7-9-16(10-8-15)21-20(23(27)31)22(26)30(29-21)18-4-2-3-5-18;1-15-6-3-4-9-19(15)24(31)27-14-16-10-12-17(13-11-16)21-20(22(25)30)23(26-2)29(28-21)18-7-5-8-18/h4-11,20H,12-15,27H2,1-3H3,(H2,28,32)(H,29,33);3-10,16,20H,11-14,26H2,1-2H3,(H2,27,31)(H,28,32);6-12,18H,2-5,13,26H2,1H3,(H2,27,31)(H,28,32);3-4,6,9-13,18,26H,5,7-8,14H2,1-2H3,(H2,25,30)(H,27,31). The Morgan fingerprint density at radius 2 is 0.746 bits per heavy atom. The van der Waals surface area contributed by atoms with Gasteiger partial charge in [0.25, 0.3) is 47.3 Å². The zero-order valence-corrected chi connectivity index (χ0v) is 74.4. The van der Waals surface area contributed by atoms with Crippen molar-refractivity contribution in [2.24, 2.45) is 34.3 Å². The Hall–Kier alpha value is -14.6. The predicted octanol–water partition coefficient (Wildman–Crippen LogP) is 13.9. The van der Waals surface area contributed by atoms with Crippen molar-refractivity contribution in [3.05, 3.63) is 283 Å². The van der Waals surface area contributed by atoms with E-state index >= 15 is 0 Å². The number of ether oxygens (including phenoxy) is 2. The van der Waals surface area contributed by atoms with Crippen molar-refractivity contribution in [2.45, 2.75) is 157 Å². The average Bonchev–Trinajstić information content (AvgIpc) is 1.66. The van der Waals surface area contributed by atoms with Crippen LogP contribution in [0.1, 0.15) is 230 Å². The van der Waals surface area contributed by atoms with Gasteiger partial charge in [-0.25, -0.2) is 23.1 Å². The number of benzene rings is 8. The highest BCUT2D eigenvalue weighted by Crippen LogP contribution is 2.43. The first kappa shape index (κ1) is 93.1. The number of hydrogen-bond donors (Lipinski definition) is 12. The summed E-state index contributed by atoms with van der Waals surface area (Å²) in [6.07, 6.45) is 8.96. The summed E-state index contributed by atoms with van der Waals surface area (Å²) in [6.45, 7) is 17.7. The van der Waals surface area contributed by atoms with Crippen LogP contribution >= 0.6 is 0 Å². The van der Waals surface area contributed by atoms with Gasteiger partial charge in [-0.05, 0) is 147 Å². The second-order valence-corrected chi connectivity index (χ2v) is 34.1. The Labute approximate surface area is 754 Å². The summed E-state index contributed by atoms with van der Waals surface area (Å²) in [4.78, 5) is 98.6. The number of nitrogen functional groups attached to an aromatic ring is 3. The van der Waals surface area contributed by atoms with Gasteiger partial charge >= 0.3 is 0 Å². The molecule has 6 heterocycles. The Balaban J connectivity index is 0.000000148. The molecule has 2 aliphatic heterocycles. The molecule has 676 valence electrons. The number of rotatable bonds is 25. The summed E-state index contributed by atoms with van der Waals surface area (Å²) in [5.74, 6) is -1.72. The van der Waals surface area contributed by atoms with Crippen LogP contribution in [-0.4, -0.2) is 120 Å². The third-order valence-electron chi connectivity index (χ3n) is 24.5. The Kier molecular flexibility index (Phi) is 29.7. The van der Waals surface area contributed by atoms with Gasteiger partial charge in [0.05, 0.1) is 37.4 Å². The summed E-state index contributed by atoms with van der Waals surface area (Å²) in [5, 5.41) is 33.5. The number of hydrogen-bond acceptors (Lipinski definition) is 18. The number of anilines is 4. The first-order chi connectivity index (χ1) is 62.4. The molecule has 31 heteroatoms. The molecule has 19 N–H and O–H groups in total. The lowest BCUT2D eigenvalue weighted by Crippen LogP contribution is -2.38. The Bertz CT molecular complexity index is 6140. The number of aromatic nitrogens is 8. The molecule has 16 rings (SSSR count). The zero-order chi connectivity index (χ0) is 92.8. The van der Waals surface area contributed by atoms with Gasteiger partial charge in [-0.1, -0.05) is 191 Å². The smallest absolute Gasteiger partial charge is 0.254 e. The zero-order valence-electron chi connectivity index (χ0n) is 74.4. The van der Waals surface area contributed by atoms with Gasteiger partial charge in [0.1, 0.15) is 74.1 Å². The van der Waals surface area contributed by atoms with E-state index in [0.29, 0.717) is 120 Å². The van der Waals surface area contributed by atoms with E-state index in [-0.39, 0.29) is 88.0 Å². The lowest BCUT2D eigenvalue weighted by molar-refractivity contribution is -0.0284. The molecule has 3 atom stereocenters. The normalized spacial score (nSPS) is 15.8. The highest BCUT2D eigenvalue weighted by Gasteiger charge is 2.39. The molecule has 0 bridgehead atoms. The Morgan fingerprint density at radius 1 is 0.408 bits per heavy atom. The summed E-state index contributed by atoms with van der Waals surface area (Å²) >= 11 is 0. The molecular weight excluding hydrogens is 1650 g/mol. The first-order valence-corrected chi connectivity index (χ1v) is 43.6. The van der Waals surface area contributed by atoms with Crippen molar-refractivity contribution in [1.82, 2.24) is 60.4 Å². The largest absolute Gasteiger partial charge is 0.383 e. The van der Waals surface area contributed by atoms with Crippen molar-refractivity contribution >= 4 is 70.5 Å². The number of amides is 8. The first-order valence-electron chi connectivity index (χ1n) is 43.6. The predicted molar refractivity (Wildman–Crippen MR) is 499 cm³/mol. The van der Waals surface area contributed by atoms with Crippen LogP contribution in [0.15, 0.2) is 188 Å². The molecule has 30 nitrogen and oxygen atoms in total. The molecule has 130 heavy (non-hydrogen) atoms. The summed E-state index contributed by atoms with van der Waals surface area (Å²) in [5.41, 5.74) is 56.9. The number of nitrogens with zero attached hydrogens (tertiary/aromatic N) is 8. The topological polar surface area (TPSA) is 469 Å². The van der Waals surface area contributed by atoms with Crippen molar-refractivity contribution in [1.29, 1.82) is 0 Å². The van der Waals surface area contributed by atoms with E-state index in [2.05, 4.69) is 52.5 Å². The molecule has 2 aliphatic carbocycles. The van der Waals surface area contributed by atoms with Gasteiger partial charge in [-0.15, -0.1) is 0 Å². The molecule has 2 saturated carbocycles. The van der Waals surface area contributed by atoms with E-state index < -0.39 is 29.4 Å². The van der Waals surface area contributed by atoms with Crippen LogP contribution in [0.5, 0.6) is 0 Å². The maximum absolute atomic E-state index is 13.5. The second-order valence-electron chi connectivity index (χ2n) is 34.1. The maximum Gasteiger partial charge on any atom is 0.254 e. The summed E-state index contributed by atoms with van der Waals surface area (Å²) in [7, 11) is 1.78. The van der Waals surface area contributed by atoms with Gasteiger partial charge in [0.2, 0.25) is 0 Å². The lowest BCUT2D eigenvalue weighted by atomic mass is 9.82. The molecule has 3 unspecified atom stereocenters. The van der Waals surface area contributed by atoms with Gasteiger partial charge in [-0.3, -0.25) is 38.4 Å². The van der Waals surface area contributed by atoms with E-state index in [4.69, 9.17) is 64.9 Å². The minimum atomic E-state index is -0.613. The van der Waals surface area contributed by atoms with Gasteiger partial charge in [-0.2, -0.15) is 20.4 Å². The van der Waals surface area contributed by atoms with E-state index in [1.807, 2.05) is 183 Å². The van der Waals surface area contributed by atoms with Crippen molar-refractivity contribution in [3.63, 3.8) is 0 Å².